The molecular weight excluding hydrogens is 265 g/mol. The first-order valence-electron chi connectivity index (χ1n) is 4.18. The third-order valence-electron chi connectivity index (χ3n) is 1.26. The van der Waals surface area contributed by atoms with E-state index in [0.717, 1.165) is 11.8 Å². The number of carboxylic acids is 1. The summed E-state index contributed by atoms with van der Waals surface area (Å²) in [6.07, 6.45) is -4.42. The van der Waals surface area contributed by atoms with E-state index in [-0.39, 0.29) is 16.9 Å². The van der Waals surface area contributed by atoms with Gasteiger partial charge in [-0.1, -0.05) is 11.8 Å². The van der Waals surface area contributed by atoms with Crippen LogP contribution < -0.4 is 0 Å². The standard InChI is InChI=1S/C7H7F3N2O4S/c8-7(9,10)3-15-1-4-11-12-6(16-4)17-2-5(13)14/h1-3H2,(H,13,14). The number of carboxylic acid groups (broad SMARTS) is 1. The molecular formula is C7H7F3N2O4S. The zero-order chi connectivity index (χ0) is 12.9. The van der Waals surface area contributed by atoms with Gasteiger partial charge in [-0.25, -0.2) is 0 Å². The Morgan fingerprint density at radius 3 is 2.76 bits per heavy atom. The molecule has 0 aliphatic rings. The highest BCUT2D eigenvalue weighted by Crippen LogP contribution is 2.18. The lowest BCUT2D eigenvalue weighted by atomic mass is 10.6. The highest BCUT2D eigenvalue weighted by atomic mass is 32.2. The number of aliphatic carboxylic acids is 1. The summed E-state index contributed by atoms with van der Waals surface area (Å²) in [6, 6.07) is 0. The third kappa shape index (κ3) is 6.12. The van der Waals surface area contributed by atoms with Gasteiger partial charge in [0.1, 0.15) is 19.0 Å². The maximum absolute atomic E-state index is 11.7. The molecule has 0 atom stereocenters. The lowest BCUT2D eigenvalue weighted by Gasteiger charge is -2.04. The van der Waals surface area contributed by atoms with Crippen molar-refractivity contribution in [2.24, 2.45) is 0 Å². The maximum Gasteiger partial charge on any atom is 0.411 e. The fraction of sp³-hybridized carbons (Fsp3) is 0.571. The first-order valence-corrected chi connectivity index (χ1v) is 5.17. The van der Waals surface area contributed by atoms with Gasteiger partial charge in [-0.3, -0.25) is 4.79 Å². The minimum absolute atomic E-state index is 0.0296. The quantitative estimate of drug-likeness (QED) is 0.781. The molecule has 0 radical (unpaired) electrons. The van der Waals surface area contributed by atoms with Crippen LogP contribution >= 0.6 is 11.8 Å². The second-order valence-corrected chi connectivity index (χ2v) is 3.68. The minimum atomic E-state index is -4.42. The van der Waals surface area contributed by atoms with Crippen molar-refractivity contribution in [2.45, 2.75) is 18.0 Å². The Labute approximate surface area is 97.1 Å². The van der Waals surface area contributed by atoms with E-state index in [4.69, 9.17) is 9.52 Å². The Kier molecular flexibility index (Phi) is 4.75. The first-order chi connectivity index (χ1) is 7.87. The molecule has 1 heterocycles. The van der Waals surface area contributed by atoms with E-state index in [0.29, 0.717) is 0 Å². The van der Waals surface area contributed by atoms with E-state index in [1.165, 1.54) is 0 Å². The lowest BCUT2D eigenvalue weighted by Crippen LogP contribution is -2.16. The van der Waals surface area contributed by atoms with Crippen molar-refractivity contribution in [2.75, 3.05) is 12.4 Å². The molecule has 1 aromatic heterocycles. The number of thioether (sulfide) groups is 1. The molecule has 6 nitrogen and oxygen atoms in total. The van der Waals surface area contributed by atoms with Crippen molar-refractivity contribution in [3.8, 4) is 0 Å². The van der Waals surface area contributed by atoms with Gasteiger partial charge in [0.05, 0.1) is 0 Å². The highest BCUT2D eigenvalue weighted by molar-refractivity contribution is 7.99. The normalized spacial score (nSPS) is 11.7. The monoisotopic (exact) mass is 272 g/mol. The van der Waals surface area contributed by atoms with Gasteiger partial charge in [0.15, 0.2) is 0 Å². The fourth-order valence-electron chi connectivity index (χ4n) is 0.732. The lowest BCUT2D eigenvalue weighted by molar-refractivity contribution is -0.178. The largest absolute Gasteiger partial charge is 0.481 e. The van der Waals surface area contributed by atoms with Gasteiger partial charge in [0, 0.05) is 0 Å². The summed E-state index contributed by atoms with van der Waals surface area (Å²) in [4.78, 5) is 10.2. The molecule has 1 N–H and O–H groups in total. The van der Waals surface area contributed by atoms with Crippen molar-refractivity contribution in [3.63, 3.8) is 0 Å². The molecule has 10 heteroatoms. The van der Waals surface area contributed by atoms with Crippen LogP contribution in [0.1, 0.15) is 5.89 Å². The number of carbonyl (C=O) groups is 1. The SMILES string of the molecule is O=C(O)CSc1nnc(COCC(F)(F)F)o1. The summed E-state index contributed by atoms with van der Waals surface area (Å²) in [5.41, 5.74) is 0. The van der Waals surface area contributed by atoms with Gasteiger partial charge in [-0.15, -0.1) is 10.2 Å². The number of nitrogens with zero attached hydrogens (tertiary/aromatic N) is 2. The fourth-order valence-corrected chi connectivity index (χ4v) is 1.23. The molecule has 0 amide bonds. The van der Waals surface area contributed by atoms with E-state index >= 15 is 0 Å². The molecule has 0 spiro atoms. The number of rotatable bonds is 6. The number of hydrogen-bond acceptors (Lipinski definition) is 6. The summed E-state index contributed by atoms with van der Waals surface area (Å²) in [5.74, 6) is -1.48. The second kappa shape index (κ2) is 5.87. The van der Waals surface area contributed by atoms with E-state index in [1.54, 1.807) is 0 Å². The highest BCUT2D eigenvalue weighted by Gasteiger charge is 2.27. The Morgan fingerprint density at radius 2 is 2.18 bits per heavy atom. The van der Waals surface area contributed by atoms with Gasteiger partial charge < -0.3 is 14.3 Å². The Morgan fingerprint density at radius 1 is 1.47 bits per heavy atom. The summed E-state index contributed by atoms with van der Waals surface area (Å²) < 4.78 is 44.2. The van der Waals surface area contributed by atoms with Crippen molar-refractivity contribution >= 4 is 17.7 Å². The average molecular weight is 272 g/mol. The van der Waals surface area contributed by atoms with E-state index < -0.39 is 25.4 Å². The summed E-state index contributed by atoms with van der Waals surface area (Å²) >= 11 is 0.771. The molecule has 0 unspecified atom stereocenters. The van der Waals surface area contributed by atoms with Crippen LogP contribution in [0.25, 0.3) is 0 Å². The van der Waals surface area contributed by atoms with Crippen molar-refractivity contribution < 1.29 is 32.2 Å². The third-order valence-corrected chi connectivity index (χ3v) is 2.06. The van der Waals surface area contributed by atoms with Crippen molar-refractivity contribution in [3.05, 3.63) is 5.89 Å². The molecule has 17 heavy (non-hydrogen) atoms. The van der Waals surface area contributed by atoms with Gasteiger partial charge in [-0.05, 0) is 0 Å². The summed E-state index contributed by atoms with van der Waals surface area (Å²) in [5, 5.41) is 15.1. The molecule has 1 aromatic rings. The maximum atomic E-state index is 11.7. The van der Waals surface area contributed by atoms with Crippen LogP contribution in [0.2, 0.25) is 0 Å². The van der Waals surface area contributed by atoms with Crippen LogP contribution in [0.4, 0.5) is 13.2 Å². The van der Waals surface area contributed by atoms with Gasteiger partial charge in [0.25, 0.3) is 5.22 Å². The van der Waals surface area contributed by atoms with E-state index in [1.807, 2.05) is 0 Å². The topological polar surface area (TPSA) is 85.5 Å². The molecule has 0 bridgehead atoms. The smallest absolute Gasteiger partial charge is 0.411 e. The van der Waals surface area contributed by atoms with Crippen LogP contribution in [0, 0.1) is 0 Å². The molecule has 0 aliphatic carbocycles. The van der Waals surface area contributed by atoms with Crippen LogP contribution in [0.5, 0.6) is 0 Å². The van der Waals surface area contributed by atoms with Crippen LogP contribution in [-0.2, 0) is 16.1 Å². The van der Waals surface area contributed by atoms with E-state index in [9.17, 15) is 18.0 Å². The number of alkyl halides is 3. The Hall–Kier alpha value is -1.29. The van der Waals surface area contributed by atoms with Crippen LogP contribution in [0.15, 0.2) is 9.64 Å². The first kappa shape index (κ1) is 13.8. The summed E-state index contributed by atoms with van der Waals surface area (Å²) in [6.45, 7) is -1.88. The molecule has 0 aliphatic heterocycles. The predicted octanol–water partition coefficient (Wildman–Crippen LogP) is 1.33. The predicted molar refractivity (Wildman–Crippen MR) is 48.4 cm³/mol. The second-order valence-electron chi connectivity index (χ2n) is 2.75. The minimum Gasteiger partial charge on any atom is -0.481 e. The average Bonchev–Trinajstić information content (AvgIpc) is 2.61. The zero-order valence-corrected chi connectivity index (χ0v) is 9.05. The van der Waals surface area contributed by atoms with Crippen LogP contribution in [0.3, 0.4) is 0 Å². The molecule has 96 valence electrons. The molecule has 0 saturated carbocycles. The van der Waals surface area contributed by atoms with Crippen LogP contribution in [-0.4, -0.2) is 39.8 Å². The van der Waals surface area contributed by atoms with Gasteiger partial charge in [-0.2, -0.15) is 13.2 Å². The van der Waals surface area contributed by atoms with E-state index in [2.05, 4.69) is 14.9 Å². The Balaban J connectivity index is 2.33. The molecule has 0 fully saturated rings. The number of ether oxygens (including phenoxy) is 1. The molecule has 0 aromatic carbocycles. The number of hydrogen-bond donors (Lipinski definition) is 1. The summed E-state index contributed by atoms with van der Waals surface area (Å²) in [7, 11) is 0. The molecule has 0 saturated heterocycles. The van der Waals surface area contributed by atoms with Crippen molar-refractivity contribution in [1.29, 1.82) is 0 Å². The number of halogens is 3. The van der Waals surface area contributed by atoms with Gasteiger partial charge >= 0.3 is 12.1 Å². The number of aromatic nitrogens is 2. The Bertz CT molecular complexity index is 381. The van der Waals surface area contributed by atoms with Gasteiger partial charge in [0.2, 0.25) is 5.89 Å². The van der Waals surface area contributed by atoms with Crippen molar-refractivity contribution in [1.82, 2.24) is 10.2 Å². The molecule has 1 rings (SSSR count). The zero-order valence-electron chi connectivity index (χ0n) is 8.23.